The van der Waals surface area contributed by atoms with Crippen molar-refractivity contribution in [2.75, 3.05) is 7.11 Å². The number of amides is 2. The lowest BCUT2D eigenvalue weighted by molar-refractivity contribution is -0.125. The first kappa shape index (κ1) is 18.6. The summed E-state index contributed by atoms with van der Waals surface area (Å²) in [7, 11) is 1.23. The van der Waals surface area contributed by atoms with E-state index < -0.39 is 23.3 Å². The number of aromatic nitrogens is 1. The number of nitrogens with one attached hydrogen (secondary N) is 1. The van der Waals surface area contributed by atoms with Crippen molar-refractivity contribution in [2.24, 2.45) is 11.7 Å². The van der Waals surface area contributed by atoms with Gasteiger partial charge in [-0.05, 0) is 30.9 Å². The molecule has 1 rings (SSSR count). The Hall–Kier alpha value is -2.44. The molecule has 3 N–H and O–H groups in total. The third kappa shape index (κ3) is 3.85. The molecule has 0 aliphatic heterocycles. The molecule has 0 saturated carbocycles. The van der Waals surface area contributed by atoms with Gasteiger partial charge in [0, 0.05) is 6.20 Å². The Morgan fingerprint density at radius 3 is 2.43 bits per heavy atom. The lowest BCUT2D eigenvalue weighted by Crippen LogP contribution is -2.58. The number of nitrogens with two attached hydrogens (primary N) is 1. The number of aryl methyl sites for hydroxylation is 1. The molecule has 1 aromatic heterocycles. The second-order valence-corrected chi connectivity index (χ2v) is 5.76. The van der Waals surface area contributed by atoms with Gasteiger partial charge in [0.25, 0.3) is 5.91 Å². The Morgan fingerprint density at radius 2 is 2.00 bits per heavy atom. The minimum Gasteiger partial charge on any atom is -0.465 e. The fourth-order valence-corrected chi connectivity index (χ4v) is 1.93. The summed E-state index contributed by atoms with van der Waals surface area (Å²) in [6.07, 6.45) is 2.17. The van der Waals surface area contributed by atoms with Gasteiger partial charge in [-0.2, -0.15) is 0 Å². The number of hydrogen-bond acceptors (Lipinski definition) is 5. The van der Waals surface area contributed by atoms with Gasteiger partial charge in [0.15, 0.2) is 0 Å². The summed E-state index contributed by atoms with van der Waals surface area (Å²) in [6, 6.07) is 1.56. The third-order valence-electron chi connectivity index (χ3n) is 4.01. The van der Waals surface area contributed by atoms with Crippen molar-refractivity contribution < 1.29 is 19.1 Å². The molecule has 7 nitrogen and oxygen atoms in total. The second kappa shape index (κ2) is 7.21. The van der Waals surface area contributed by atoms with E-state index in [9.17, 15) is 14.4 Å². The van der Waals surface area contributed by atoms with Crippen LogP contribution in [0, 0.1) is 5.92 Å². The van der Waals surface area contributed by atoms with E-state index in [4.69, 9.17) is 10.5 Å². The van der Waals surface area contributed by atoms with Crippen molar-refractivity contribution in [3.63, 3.8) is 0 Å². The van der Waals surface area contributed by atoms with Crippen molar-refractivity contribution in [1.29, 1.82) is 0 Å². The Bertz CT molecular complexity index is 628. The topological polar surface area (TPSA) is 111 Å². The quantitative estimate of drug-likeness (QED) is 0.761. The minimum atomic E-state index is -1.25. The summed E-state index contributed by atoms with van der Waals surface area (Å²) in [6.45, 7) is 6.97. The van der Waals surface area contributed by atoms with Gasteiger partial charge in [-0.3, -0.25) is 9.59 Å². The van der Waals surface area contributed by atoms with Gasteiger partial charge in [0.05, 0.1) is 12.7 Å². The molecule has 2 amide bonds. The molecule has 0 saturated heterocycles. The van der Waals surface area contributed by atoms with E-state index in [2.05, 4.69) is 10.3 Å². The molecule has 0 spiro atoms. The number of rotatable bonds is 6. The highest BCUT2D eigenvalue weighted by Crippen LogP contribution is 2.18. The average molecular weight is 321 g/mol. The van der Waals surface area contributed by atoms with Crippen molar-refractivity contribution in [3.05, 3.63) is 29.1 Å². The number of pyridine rings is 1. The summed E-state index contributed by atoms with van der Waals surface area (Å²) in [5.74, 6) is -2.21. The Kier molecular flexibility index (Phi) is 5.84. The predicted octanol–water partition coefficient (Wildman–Crippen LogP) is 1.06. The number of hydrogen-bond donors (Lipinski definition) is 2. The van der Waals surface area contributed by atoms with Crippen LogP contribution in [0.4, 0.5) is 0 Å². The van der Waals surface area contributed by atoms with Crippen LogP contribution in [0.3, 0.4) is 0 Å². The van der Waals surface area contributed by atoms with E-state index >= 15 is 0 Å². The van der Waals surface area contributed by atoms with E-state index in [1.165, 1.54) is 20.2 Å². The maximum atomic E-state index is 12.5. The number of carbonyl (C=O) groups is 3. The van der Waals surface area contributed by atoms with Crippen LogP contribution in [0.15, 0.2) is 12.3 Å². The van der Waals surface area contributed by atoms with E-state index in [0.29, 0.717) is 6.42 Å². The molecule has 0 bridgehead atoms. The average Bonchev–Trinajstić information content (AvgIpc) is 2.52. The molecule has 0 aromatic carbocycles. The zero-order chi connectivity index (χ0) is 17.8. The molecule has 1 unspecified atom stereocenters. The first-order valence-corrected chi connectivity index (χ1v) is 7.37. The molecule has 23 heavy (non-hydrogen) atoms. The smallest absolute Gasteiger partial charge is 0.340 e. The van der Waals surface area contributed by atoms with E-state index in [1.54, 1.807) is 19.9 Å². The maximum absolute atomic E-state index is 12.5. The molecule has 0 aliphatic rings. The van der Waals surface area contributed by atoms with E-state index in [1.807, 2.05) is 6.92 Å². The van der Waals surface area contributed by atoms with Gasteiger partial charge in [-0.25, -0.2) is 9.78 Å². The van der Waals surface area contributed by atoms with Crippen molar-refractivity contribution in [1.82, 2.24) is 10.3 Å². The number of methoxy groups -OCH3 is 1. The summed E-state index contributed by atoms with van der Waals surface area (Å²) >= 11 is 0. The minimum absolute atomic E-state index is 0.0555. The molecular weight excluding hydrogens is 298 g/mol. The Morgan fingerprint density at radius 1 is 1.39 bits per heavy atom. The van der Waals surface area contributed by atoms with Gasteiger partial charge >= 0.3 is 5.97 Å². The summed E-state index contributed by atoms with van der Waals surface area (Å²) < 4.78 is 4.70. The van der Waals surface area contributed by atoms with Crippen LogP contribution in [0.1, 0.15) is 54.1 Å². The molecule has 7 heteroatoms. The van der Waals surface area contributed by atoms with Crippen LogP contribution < -0.4 is 11.1 Å². The van der Waals surface area contributed by atoms with Crippen LogP contribution in [-0.2, 0) is 16.0 Å². The zero-order valence-corrected chi connectivity index (χ0v) is 14.1. The fraction of sp³-hybridized carbons (Fsp3) is 0.500. The lowest BCUT2D eigenvalue weighted by Gasteiger charge is -2.31. The Labute approximate surface area is 135 Å². The molecule has 1 atom stereocenters. The van der Waals surface area contributed by atoms with Gasteiger partial charge in [0.2, 0.25) is 5.91 Å². The van der Waals surface area contributed by atoms with Gasteiger partial charge in [0.1, 0.15) is 11.2 Å². The molecule has 0 fully saturated rings. The zero-order valence-electron chi connectivity index (χ0n) is 14.1. The van der Waals surface area contributed by atoms with Crippen molar-refractivity contribution in [3.8, 4) is 0 Å². The second-order valence-electron chi connectivity index (χ2n) is 5.76. The lowest BCUT2D eigenvalue weighted by atomic mass is 9.87. The van der Waals surface area contributed by atoms with Gasteiger partial charge < -0.3 is 15.8 Å². The van der Waals surface area contributed by atoms with Crippen LogP contribution >= 0.6 is 0 Å². The first-order valence-electron chi connectivity index (χ1n) is 7.37. The highest BCUT2D eigenvalue weighted by atomic mass is 16.5. The molecule has 1 aromatic rings. The molecule has 1 heterocycles. The fourth-order valence-electron chi connectivity index (χ4n) is 1.93. The monoisotopic (exact) mass is 321 g/mol. The molecule has 0 aliphatic carbocycles. The van der Waals surface area contributed by atoms with Crippen molar-refractivity contribution in [2.45, 2.75) is 39.7 Å². The van der Waals surface area contributed by atoms with Crippen LogP contribution in [0.25, 0.3) is 0 Å². The number of carbonyl (C=O) groups excluding carboxylic acids is 3. The summed E-state index contributed by atoms with van der Waals surface area (Å²) in [4.78, 5) is 40.2. The largest absolute Gasteiger partial charge is 0.465 e. The third-order valence-corrected chi connectivity index (χ3v) is 4.01. The van der Waals surface area contributed by atoms with Gasteiger partial charge in [-0.15, -0.1) is 0 Å². The van der Waals surface area contributed by atoms with E-state index in [0.717, 1.165) is 5.56 Å². The van der Waals surface area contributed by atoms with E-state index in [-0.39, 0.29) is 17.2 Å². The molecule has 126 valence electrons. The highest BCUT2D eigenvalue weighted by Gasteiger charge is 2.37. The SMILES string of the molecule is CCc1cnc(C(=O)NC(C)(C(N)=O)C(C)C)c(C(=O)OC)c1. The Balaban J connectivity index is 3.27. The number of ether oxygens (including phenoxy) is 1. The number of primary amides is 1. The normalized spacial score (nSPS) is 13.3. The molecular formula is C16H23N3O4. The predicted molar refractivity (Wildman–Crippen MR) is 84.9 cm³/mol. The maximum Gasteiger partial charge on any atom is 0.340 e. The van der Waals surface area contributed by atoms with Crippen LogP contribution in [-0.4, -0.2) is 35.4 Å². The van der Waals surface area contributed by atoms with Gasteiger partial charge in [-0.1, -0.05) is 20.8 Å². The van der Waals surface area contributed by atoms with Crippen LogP contribution in [0.2, 0.25) is 0 Å². The number of esters is 1. The highest BCUT2D eigenvalue weighted by molar-refractivity contribution is 6.05. The van der Waals surface area contributed by atoms with Crippen LogP contribution in [0.5, 0.6) is 0 Å². The number of nitrogens with zero attached hydrogens (tertiary/aromatic N) is 1. The summed E-state index contributed by atoms with van der Waals surface area (Å²) in [5.41, 5.74) is 4.90. The standard InChI is InChI=1S/C16H23N3O4/c1-6-10-7-11(14(21)23-5)12(18-8-10)13(20)19-16(4,9(2)3)15(17)22/h7-9H,6H2,1-5H3,(H2,17,22)(H,19,20). The molecule has 0 radical (unpaired) electrons. The summed E-state index contributed by atoms with van der Waals surface area (Å²) in [5, 5.41) is 2.58. The first-order chi connectivity index (χ1) is 10.7. The van der Waals surface area contributed by atoms with Crippen molar-refractivity contribution >= 4 is 17.8 Å².